The van der Waals surface area contributed by atoms with Crippen LogP contribution in [0.3, 0.4) is 0 Å². The molecule has 2 nitrogen and oxygen atoms in total. The molecule has 0 aliphatic rings. The molecule has 0 aliphatic carbocycles. The summed E-state index contributed by atoms with van der Waals surface area (Å²) in [5.74, 6) is 0. The first-order chi connectivity index (χ1) is 9.65. The van der Waals surface area contributed by atoms with Gasteiger partial charge in [0.1, 0.15) is 0 Å². The maximum atomic E-state index is 10.2. The first-order valence-corrected chi connectivity index (χ1v) is 7.19. The summed E-state index contributed by atoms with van der Waals surface area (Å²) in [6.07, 6.45) is 0.232. The Morgan fingerprint density at radius 3 is 2.55 bits per heavy atom. The second kappa shape index (κ2) is 7.44. The Kier molecular flexibility index (Phi) is 5.60. The van der Waals surface area contributed by atoms with Crippen molar-refractivity contribution in [2.75, 3.05) is 13.6 Å². The van der Waals surface area contributed by atoms with Crippen molar-refractivity contribution in [1.29, 1.82) is 0 Å². The highest BCUT2D eigenvalue weighted by Gasteiger charge is 2.09. The van der Waals surface area contributed by atoms with Crippen LogP contribution in [0.2, 0.25) is 5.02 Å². The molecule has 2 aromatic rings. The number of nitrogens with zero attached hydrogens (tertiary/aromatic N) is 1. The molecule has 1 atom stereocenters. The minimum absolute atomic E-state index is 0.466. The molecule has 0 fully saturated rings. The third-order valence-corrected chi connectivity index (χ3v) is 3.55. The third kappa shape index (κ3) is 4.64. The Morgan fingerprint density at radius 2 is 1.85 bits per heavy atom. The number of hydrogen-bond acceptors (Lipinski definition) is 2. The molecule has 0 radical (unpaired) electrons. The fraction of sp³-hybridized carbons (Fsp3) is 0.294. The standard InChI is InChI=1S/C17H20ClNO/c1-19(13-14-6-3-2-4-7-14)11-10-17(20)15-8-5-9-16(18)12-15/h2-9,12,17,20H,10-11,13H2,1H3/t17-/m1/s1. The van der Waals surface area contributed by atoms with E-state index in [2.05, 4.69) is 24.1 Å². The number of benzene rings is 2. The summed E-state index contributed by atoms with van der Waals surface area (Å²) in [5, 5.41) is 10.8. The van der Waals surface area contributed by atoms with Gasteiger partial charge in [0.05, 0.1) is 6.10 Å². The van der Waals surface area contributed by atoms with Crippen LogP contribution in [0.15, 0.2) is 54.6 Å². The van der Waals surface area contributed by atoms with Crippen LogP contribution in [0, 0.1) is 0 Å². The first-order valence-electron chi connectivity index (χ1n) is 6.81. The summed E-state index contributed by atoms with van der Waals surface area (Å²) >= 11 is 5.94. The number of aliphatic hydroxyl groups is 1. The van der Waals surface area contributed by atoms with Gasteiger partial charge < -0.3 is 10.0 Å². The second-order valence-corrected chi connectivity index (χ2v) is 5.52. The molecular formula is C17H20ClNO. The van der Waals surface area contributed by atoms with Crippen molar-refractivity contribution in [3.63, 3.8) is 0 Å². The number of rotatable bonds is 6. The van der Waals surface area contributed by atoms with Crippen molar-refractivity contribution in [3.05, 3.63) is 70.7 Å². The molecule has 0 bridgehead atoms. The monoisotopic (exact) mass is 289 g/mol. The number of halogens is 1. The minimum Gasteiger partial charge on any atom is -0.388 e. The quantitative estimate of drug-likeness (QED) is 0.872. The van der Waals surface area contributed by atoms with Crippen LogP contribution >= 0.6 is 11.6 Å². The average molecular weight is 290 g/mol. The molecule has 0 unspecified atom stereocenters. The summed E-state index contributed by atoms with van der Waals surface area (Å²) in [6, 6.07) is 17.8. The van der Waals surface area contributed by atoms with Gasteiger partial charge in [-0.15, -0.1) is 0 Å². The largest absolute Gasteiger partial charge is 0.388 e. The summed E-state index contributed by atoms with van der Waals surface area (Å²) in [7, 11) is 2.07. The zero-order valence-corrected chi connectivity index (χ0v) is 12.4. The van der Waals surface area contributed by atoms with E-state index in [0.29, 0.717) is 11.4 Å². The van der Waals surface area contributed by atoms with Crippen molar-refractivity contribution in [2.24, 2.45) is 0 Å². The van der Waals surface area contributed by atoms with Crippen LogP contribution < -0.4 is 0 Å². The molecule has 2 aromatic carbocycles. The lowest BCUT2D eigenvalue weighted by molar-refractivity contribution is 0.147. The van der Waals surface area contributed by atoms with Crippen molar-refractivity contribution in [2.45, 2.75) is 19.1 Å². The second-order valence-electron chi connectivity index (χ2n) is 5.08. The Balaban J connectivity index is 1.82. The van der Waals surface area contributed by atoms with E-state index in [4.69, 9.17) is 11.6 Å². The lowest BCUT2D eigenvalue weighted by Gasteiger charge is -2.19. The average Bonchev–Trinajstić information content (AvgIpc) is 2.46. The topological polar surface area (TPSA) is 23.5 Å². The van der Waals surface area contributed by atoms with Crippen LogP contribution in [0.1, 0.15) is 23.7 Å². The molecule has 0 amide bonds. The molecule has 0 spiro atoms. The summed E-state index contributed by atoms with van der Waals surface area (Å²) in [4.78, 5) is 2.21. The number of aliphatic hydroxyl groups excluding tert-OH is 1. The van der Waals surface area contributed by atoms with Gasteiger partial charge in [-0.2, -0.15) is 0 Å². The van der Waals surface area contributed by atoms with E-state index >= 15 is 0 Å². The van der Waals surface area contributed by atoms with Crippen LogP contribution in [-0.4, -0.2) is 23.6 Å². The smallest absolute Gasteiger partial charge is 0.0802 e. The van der Waals surface area contributed by atoms with E-state index in [0.717, 1.165) is 18.7 Å². The van der Waals surface area contributed by atoms with E-state index in [1.54, 1.807) is 0 Å². The van der Waals surface area contributed by atoms with E-state index < -0.39 is 6.10 Å². The van der Waals surface area contributed by atoms with Crippen molar-refractivity contribution < 1.29 is 5.11 Å². The van der Waals surface area contributed by atoms with Gasteiger partial charge in [-0.3, -0.25) is 0 Å². The molecule has 0 saturated carbocycles. The lowest BCUT2D eigenvalue weighted by atomic mass is 10.1. The van der Waals surface area contributed by atoms with E-state index in [-0.39, 0.29) is 0 Å². The van der Waals surface area contributed by atoms with Crippen molar-refractivity contribution in [1.82, 2.24) is 4.90 Å². The van der Waals surface area contributed by atoms with Crippen LogP contribution in [-0.2, 0) is 6.54 Å². The fourth-order valence-electron chi connectivity index (χ4n) is 2.20. The Hall–Kier alpha value is -1.35. The molecule has 0 aromatic heterocycles. The Morgan fingerprint density at radius 1 is 1.10 bits per heavy atom. The maximum Gasteiger partial charge on any atom is 0.0802 e. The third-order valence-electron chi connectivity index (χ3n) is 3.31. The Labute approximate surface area is 125 Å². The van der Waals surface area contributed by atoms with Gasteiger partial charge in [0.15, 0.2) is 0 Å². The summed E-state index contributed by atoms with van der Waals surface area (Å²) in [5.41, 5.74) is 2.16. The molecule has 0 saturated heterocycles. The molecule has 0 aliphatic heterocycles. The lowest BCUT2D eigenvalue weighted by Crippen LogP contribution is -2.20. The van der Waals surface area contributed by atoms with Gasteiger partial charge in [-0.1, -0.05) is 54.1 Å². The van der Waals surface area contributed by atoms with Gasteiger partial charge in [0, 0.05) is 18.1 Å². The minimum atomic E-state index is -0.466. The van der Waals surface area contributed by atoms with Crippen LogP contribution in [0.5, 0.6) is 0 Å². The molecule has 20 heavy (non-hydrogen) atoms. The fourth-order valence-corrected chi connectivity index (χ4v) is 2.40. The van der Waals surface area contributed by atoms with E-state index in [1.165, 1.54) is 5.56 Å². The van der Waals surface area contributed by atoms with Crippen molar-refractivity contribution in [3.8, 4) is 0 Å². The zero-order valence-electron chi connectivity index (χ0n) is 11.7. The van der Waals surface area contributed by atoms with Gasteiger partial charge in [0.2, 0.25) is 0 Å². The predicted molar refractivity (Wildman–Crippen MR) is 83.8 cm³/mol. The zero-order chi connectivity index (χ0) is 14.4. The Bertz CT molecular complexity index is 530. The summed E-state index contributed by atoms with van der Waals surface area (Å²) < 4.78 is 0. The van der Waals surface area contributed by atoms with E-state index in [9.17, 15) is 5.11 Å². The van der Waals surface area contributed by atoms with Gasteiger partial charge in [-0.25, -0.2) is 0 Å². The van der Waals surface area contributed by atoms with Gasteiger partial charge >= 0.3 is 0 Å². The molecule has 1 N–H and O–H groups in total. The highest BCUT2D eigenvalue weighted by Crippen LogP contribution is 2.20. The molecular weight excluding hydrogens is 270 g/mol. The van der Waals surface area contributed by atoms with Gasteiger partial charge in [-0.05, 0) is 36.7 Å². The highest BCUT2D eigenvalue weighted by atomic mass is 35.5. The SMILES string of the molecule is CN(CC[C@@H](O)c1cccc(Cl)c1)Cc1ccccc1. The maximum absolute atomic E-state index is 10.2. The van der Waals surface area contributed by atoms with Gasteiger partial charge in [0.25, 0.3) is 0 Å². The highest BCUT2D eigenvalue weighted by molar-refractivity contribution is 6.30. The van der Waals surface area contributed by atoms with Crippen LogP contribution in [0.4, 0.5) is 0 Å². The first kappa shape index (κ1) is 15.0. The predicted octanol–water partition coefficient (Wildman–Crippen LogP) is 3.90. The van der Waals surface area contributed by atoms with E-state index in [1.807, 2.05) is 42.5 Å². The molecule has 2 rings (SSSR count). The molecule has 0 heterocycles. The normalized spacial score (nSPS) is 12.6. The summed E-state index contributed by atoms with van der Waals surface area (Å²) in [6.45, 7) is 1.73. The van der Waals surface area contributed by atoms with Crippen LogP contribution in [0.25, 0.3) is 0 Å². The molecule has 3 heteroatoms. The van der Waals surface area contributed by atoms with Crippen molar-refractivity contribution >= 4 is 11.6 Å². The number of hydrogen-bond donors (Lipinski definition) is 1. The molecule has 106 valence electrons.